The summed E-state index contributed by atoms with van der Waals surface area (Å²) in [5.41, 5.74) is 2.53. The zero-order chi connectivity index (χ0) is 24.1. The largest absolute Gasteiger partial charge is 0.422 e. The van der Waals surface area contributed by atoms with Crippen molar-refractivity contribution in [3.8, 4) is 10.6 Å². The molecule has 2 aromatic carbocycles. The van der Waals surface area contributed by atoms with Gasteiger partial charge in [0.15, 0.2) is 0 Å². The molecule has 0 unspecified atom stereocenters. The highest BCUT2D eigenvalue weighted by Crippen LogP contribution is 2.45. The van der Waals surface area contributed by atoms with Gasteiger partial charge in [0.25, 0.3) is 5.91 Å². The number of amides is 2. The number of thiazole rings is 1. The van der Waals surface area contributed by atoms with Crippen LogP contribution >= 0.6 is 22.7 Å². The lowest BCUT2D eigenvalue weighted by atomic mass is 10.0. The van der Waals surface area contributed by atoms with Gasteiger partial charge in [-0.15, -0.1) is 22.7 Å². The number of nitrogens with one attached hydrogen (secondary N) is 1. The van der Waals surface area contributed by atoms with Gasteiger partial charge in [-0.3, -0.25) is 9.59 Å². The zero-order valence-corrected chi connectivity index (χ0v) is 20.3. The van der Waals surface area contributed by atoms with E-state index in [9.17, 15) is 14.4 Å². The molecule has 1 aliphatic heterocycles. The van der Waals surface area contributed by atoms with Crippen LogP contribution in [0, 0.1) is 0 Å². The molecule has 0 saturated carbocycles. The summed E-state index contributed by atoms with van der Waals surface area (Å²) < 4.78 is 6.41. The molecule has 0 spiro atoms. The number of rotatable bonds is 3. The molecule has 0 saturated heterocycles. The second-order valence-electron chi connectivity index (χ2n) is 8.32. The Labute approximate surface area is 207 Å². The summed E-state index contributed by atoms with van der Waals surface area (Å²) in [6.07, 6.45) is 0.671. The summed E-state index contributed by atoms with van der Waals surface area (Å²) in [6, 6.07) is 16.5. The number of benzene rings is 2. The highest BCUT2D eigenvalue weighted by atomic mass is 32.1. The molecule has 0 radical (unpaired) electrons. The molecule has 5 aromatic rings. The van der Waals surface area contributed by atoms with E-state index in [2.05, 4.69) is 5.32 Å². The second kappa shape index (κ2) is 8.44. The molecular weight excluding hydrogens is 482 g/mol. The van der Waals surface area contributed by atoms with Crippen molar-refractivity contribution < 1.29 is 14.0 Å². The minimum atomic E-state index is -0.688. The molecule has 6 rings (SSSR count). The normalized spacial score (nSPS) is 13.2. The Balaban J connectivity index is 1.45. The van der Waals surface area contributed by atoms with Crippen molar-refractivity contribution in [2.45, 2.75) is 19.9 Å². The monoisotopic (exact) mass is 501 g/mol. The fourth-order valence-electron chi connectivity index (χ4n) is 4.36. The molecule has 3 aromatic heterocycles. The van der Waals surface area contributed by atoms with Gasteiger partial charge in [-0.2, -0.15) is 0 Å². The summed E-state index contributed by atoms with van der Waals surface area (Å²) in [7, 11) is 0. The van der Waals surface area contributed by atoms with Crippen LogP contribution in [0.3, 0.4) is 0 Å². The molecular formula is C26H19N3O4S2. The fourth-order valence-corrected chi connectivity index (χ4v) is 6.73. The van der Waals surface area contributed by atoms with E-state index < -0.39 is 11.5 Å². The topological polar surface area (TPSA) is 92.5 Å². The first-order chi connectivity index (χ1) is 17.0. The van der Waals surface area contributed by atoms with Crippen LogP contribution in [0.25, 0.3) is 31.8 Å². The highest BCUT2D eigenvalue weighted by Gasteiger charge is 2.29. The van der Waals surface area contributed by atoms with Gasteiger partial charge in [-0.25, -0.2) is 9.78 Å². The Morgan fingerprint density at radius 1 is 1.09 bits per heavy atom. The number of nitrogens with zero attached hydrogens (tertiary/aromatic N) is 2. The lowest BCUT2D eigenvalue weighted by molar-refractivity contribution is -0.129. The van der Waals surface area contributed by atoms with Crippen molar-refractivity contribution in [2.75, 3.05) is 11.9 Å². The summed E-state index contributed by atoms with van der Waals surface area (Å²) >= 11 is 2.99. The average molecular weight is 502 g/mol. The van der Waals surface area contributed by atoms with Gasteiger partial charge in [-0.05, 0) is 36.2 Å². The van der Waals surface area contributed by atoms with Crippen molar-refractivity contribution in [1.29, 1.82) is 0 Å². The summed E-state index contributed by atoms with van der Waals surface area (Å²) in [5, 5.41) is 5.06. The molecule has 2 amide bonds. The molecule has 1 aliphatic rings. The maximum atomic E-state index is 13.3. The number of para-hydroxylation sites is 2. The Morgan fingerprint density at radius 3 is 2.71 bits per heavy atom. The van der Waals surface area contributed by atoms with E-state index in [1.54, 1.807) is 47.4 Å². The third-order valence-electron chi connectivity index (χ3n) is 6.12. The second-order valence-corrected chi connectivity index (χ2v) is 10.5. The Morgan fingerprint density at radius 2 is 1.89 bits per heavy atom. The predicted molar refractivity (Wildman–Crippen MR) is 138 cm³/mol. The van der Waals surface area contributed by atoms with Gasteiger partial charge in [0.2, 0.25) is 5.91 Å². The van der Waals surface area contributed by atoms with Gasteiger partial charge in [0.1, 0.15) is 21.2 Å². The van der Waals surface area contributed by atoms with Crippen molar-refractivity contribution >= 4 is 60.7 Å². The number of fused-ring (bicyclic) bond motifs is 3. The third kappa shape index (κ3) is 3.82. The van der Waals surface area contributed by atoms with Crippen molar-refractivity contribution in [3.63, 3.8) is 0 Å². The van der Waals surface area contributed by atoms with Crippen molar-refractivity contribution in [3.05, 3.63) is 81.0 Å². The lowest BCUT2D eigenvalue weighted by Gasteiger charge is -2.26. The number of anilines is 1. The number of carbonyl (C=O) groups excluding carboxylic acids is 2. The molecule has 7 nitrogen and oxygen atoms in total. The number of thiophene rings is 1. The Hall–Kier alpha value is -3.82. The van der Waals surface area contributed by atoms with Gasteiger partial charge >= 0.3 is 5.63 Å². The fraction of sp³-hybridized carbons (Fsp3) is 0.154. The van der Waals surface area contributed by atoms with E-state index in [-0.39, 0.29) is 11.5 Å². The highest BCUT2D eigenvalue weighted by molar-refractivity contribution is 7.23. The minimum absolute atomic E-state index is 0.0185. The average Bonchev–Trinajstić information content (AvgIpc) is 3.43. The molecule has 35 heavy (non-hydrogen) atoms. The quantitative estimate of drug-likeness (QED) is 0.339. The van der Waals surface area contributed by atoms with E-state index in [1.165, 1.54) is 11.3 Å². The van der Waals surface area contributed by atoms with Crippen LogP contribution in [0.15, 0.2) is 63.8 Å². The molecule has 174 valence electrons. The van der Waals surface area contributed by atoms with E-state index >= 15 is 0 Å². The number of carbonyl (C=O) groups is 2. The molecule has 0 bridgehead atoms. The molecule has 1 N–H and O–H groups in total. The first-order valence-electron chi connectivity index (χ1n) is 11.1. The third-order valence-corrected chi connectivity index (χ3v) is 8.31. The van der Waals surface area contributed by atoms with Crippen LogP contribution in [-0.4, -0.2) is 28.2 Å². The summed E-state index contributed by atoms with van der Waals surface area (Å²) in [6.45, 7) is 2.66. The molecule has 4 heterocycles. The minimum Gasteiger partial charge on any atom is -0.422 e. The van der Waals surface area contributed by atoms with E-state index in [1.807, 2.05) is 30.3 Å². The number of hydrogen-bond acceptors (Lipinski definition) is 7. The molecule has 9 heteroatoms. The van der Waals surface area contributed by atoms with Crippen molar-refractivity contribution in [1.82, 2.24) is 9.88 Å². The Kier molecular flexibility index (Phi) is 5.23. The SMILES string of the molecule is CC(=O)N1CCc2c(sc(NC(=O)c3cc4ccccc4oc3=O)c2-c2nc3ccccc3s2)C1. The number of aromatic nitrogens is 1. The summed E-state index contributed by atoms with van der Waals surface area (Å²) in [5.74, 6) is -0.515. The lowest BCUT2D eigenvalue weighted by Crippen LogP contribution is -2.33. The first-order valence-corrected chi connectivity index (χ1v) is 12.7. The summed E-state index contributed by atoms with van der Waals surface area (Å²) in [4.78, 5) is 45.5. The van der Waals surface area contributed by atoms with Crippen LogP contribution in [0.2, 0.25) is 0 Å². The van der Waals surface area contributed by atoms with Crippen LogP contribution in [0.4, 0.5) is 5.00 Å². The van der Waals surface area contributed by atoms with Gasteiger partial charge in [0, 0.05) is 29.3 Å². The van der Waals surface area contributed by atoms with E-state index in [0.717, 1.165) is 31.2 Å². The van der Waals surface area contributed by atoms with E-state index in [0.29, 0.717) is 35.5 Å². The van der Waals surface area contributed by atoms with Crippen molar-refractivity contribution in [2.24, 2.45) is 0 Å². The Bertz CT molecular complexity index is 1670. The maximum Gasteiger partial charge on any atom is 0.349 e. The zero-order valence-electron chi connectivity index (χ0n) is 18.7. The standard InChI is InChI=1S/C26H19N3O4S2/c1-14(30)29-11-10-16-21(13-29)35-25(22(16)24-27-18-7-3-5-9-20(18)34-24)28-23(31)17-12-15-6-2-4-8-19(15)33-26(17)32/h2-9,12H,10-11,13H2,1H3,(H,28,31). The first kappa shape index (κ1) is 21.7. The molecule has 0 fully saturated rings. The van der Waals surface area contributed by atoms with Crippen LogP contribution in [0.5, 0.6) is 0 Å². The van der Waals surface area contributed by atoms with Gasteiger partial charge in [0.05, 0.1) is 16.8 Å². The predicted octanol–water partition coefficient (Wildman–Crippen LogP) is 5.29. The maximum absolute atomic E-state index is 13.3. The van der Waals surface area contributed by atoms with Crippen LogP contribution in [-0.2, 0) is 17.8 Å². The number of hydrogen-bond donors (Lipinski definition) is 1. The smallest absolute Gasteiger partial charge is 0.349 e. The molecule has 0 aliphatic carbocycles. The van der Waals surface area contributed by atoms with Gasteiger partial charge in [-0.1, -0.05) is 30.3 Å². The van der Waals surface area contributed by atoms with Crippen LogP contribution < -0.4 is 10.9 Å². The van der Waals surface area contributed by atoms with E-state index in [4.69, 9.17) is 9.40 Å². The van der Waals surface area contributed by atoms with Gasteiger partial charge < -0.3 is 14.6 Å². The molecule has 0 atom stereocenters. The van der Waals surface area contributed by atoms with Crippen LogP contribution in [0.1, 0.15) is 27.7 Å².